The van der Waals surface area contributed by atoms with Gasteiger partial charge >= 0.3 is 5.97 Å². The molecule has 0 radical (unpaired) electrons. The third-order valence-electron chi connectivity index (χ3n) is 4.94. The van der Waals surface area contributed by atoms with Crippen LogP contribution in [0.2, 0.25) is 0 Å². The summed E-state index contributed by atoms with van der Waals surface area (Å²) in [6.07, 6.45) is 1.77. The molecule has 4 aromatic rings. The topological polar surface area (TPSA) is 97.6 Å². The van der Waals surface area contributed by atoms with Gasteiger partial charge in [-0.15, -0.1) is 0 Å². The second kappa shape index (κ2) is 8.71. The van der Waals surface area contributed by atoms with E-state index in [9.17, 15) is 14.4 Å². The minimum absolute atomic E-state index is 0.155. The lowest BCUT2D eigenvalue weighted by atomic mass is 10.0. The molecule has 2 amide bonds. The number of fused-ring (bicyclic) bond motifs is 3. The number of hydrogen-bond acceptors (Lipinski definition) is 5. The molecule has 4 rings (SSSR count). The van der Waals surface area contributed by atoms with E-state index in [1.165, 1.54) is 7.11 Å². The standard InChI is InChI=1S/C24H20N2O5/c1-30-22(28)13-25-24(29)16-6-9-18(10-7-16)26-21(27)12-17-14-31-20-11-8-15-4-2-3-5-19(15)23(17)20/h2-11,14H,12-13H2,1H3,(H,25,29)(H,26,27). The van der Waals surface area contributed by atoms with Crippen LogP contribution in [0.4, 0.5) is 5.69 Å². The fourth-order valence-corrected chi connectivity index (χ4v) is 3.41. The number of nitrogens with one attached hydrogen (secondary N) is 2. The van der Waals surface area contributed by atoms with Gasteiger partial charge in [0.25, 0.3) is 5.91 Å². The van der Waals surface area contributed by atoms with Crippen molar-refractivity contribution < 1.29 is 23.5 Å². The number of hydrogen-bond donors (Lipinski definition) is 2. The van der Waals surface area contributed by atoms with E-state index in [-0.39, 0.29) is 18.9 Å². The Labute approximate surface area is 178 Å². The van der Waals surface area contributed by atoms with Gasteiger partial charge in [0.1, 0.15) is 12.1 Å². The molecule has 0 unspecified atom stereocenters. The molecule has 7 nitrogen and oxygen atoms in total. The maximum Gasteiger partial charge on any atom is 0.325 e. The van der Waals surface area contributed by atoms with Crippen LogP contribution in [-0.2, 0) is 20.7 Å². The molecule has 156 valence electrons. The number of ether oxygens (including phenoxy) is 1. The summed E-state index contributed by atoms with van der Waals surface area (Å²) in [4.78, 5) is 35.7. The first kappa shape index (κ1) is 20.2. The fraction of sp³-hybridized carbons (Fsp3) is 0.125. The zero-order chi connectivity index (χ0) is 21.8. The van der Waals surface area contributed by atoms with Crippen molar-refractivity contribution in [3.63, 3.8) is 0 Å². The highest BCUT2D eigenvalue weighted by Gasteiger charge is 2.14. The first-order valence-electron chi connectivity index (χ1n) is 9.68. The first-order valence-corrected chi connectivity index (χ1v) is 9.68. The van der Waals surface area contributed by atoms with Gasteiger partial charge in [-0.2, -0.15) is 0 Å². The summed E-state index contributed by atoms with van der Waals surface area (Å²) in [5, 5.41) is 8.35. The molecule has 0 fully saturated rings. The lowest BCUT2D eigenvalue weighted by molar-refractivity contribution is -0.139. The van der Waals surface area contributed by atoms with Gasteiger partial charge in [0.15, 0.2) is 0 Å². The molecule has 0 saturated heterocycles. The van der Waals surface area contributed by atoms with Crippen molar-refractivity contribution in [2.75, 3.05) is 19.0 Å². The molecule has 31 heavy (non-hydrogen) atoms. The highest BCUT2D eigenvalue weighted by atomic mass is 16.5. The van der Waals surface area contributed by atoms with Crippen molar-refractivity contribution in [2.45, 2.75) is 6.42 Å². The predicted molar refractivity (Wildman–Crippen MR) is 117 cm³/mol. The maximum atomic E-state index is 12.6. The van der Waals surface area contributed by atoms with E-state index in [1.807, 2.05) is 36.4 Å². The second-order valence-electron chi connectivity index (χ2n) is 6.98. The van der Waals surface area contributed by atoms with Crippen LogP contribution in [0.15, 0.2) is 71.3 Å². The van der Waals surface area contributed by atoms with Gasteiger partial charge in [-0.25, -0.2) is 0 Å². The SMILES string of the molecule is COC(=O)CNC(=O)c1ccc(NC(=O)Cc2coc3ccc4ccccc4c23)cc1. The molecule has 7 heteroatoms. The van der Waals surface area contributed by atoms with Crippen molar-refractivity contribution >= 4 is 45.2 Å². The molecule has 0 saturated carbocycles. The third kappa shape index (κ3) is 4.40. The van der Waals surface area contributed by atoms with Crippen LogP contribution in [-0.4, -0.2) is 31.4 Å². The van der Waals surface area contributed by atoms with Gasteiger partial charge in [-0.3, -0.25) is 14.4 Å². The van der Waals surface area contributed by atoms with Gasteiger partial charge < -0.3 is 19.8 Å². The molecule has 1 aromatic heterocycles. The lowest BCUT2D eigenvalue weighted by Crippen LogP contribution is -2.30. The Morgan fingerprint density at radius 2 is 1.74 bits per heavy atom. The zero-order valence-electron chi connectivity index (χ0n) is 16.8. The number of rotatable bonds is 6. The summed E-state index contributed by atoms with van der Waals surface area (Å²) in [6.45, 7) is -0.207. The average Bonchev–Trinajstić information content (AvgIpc) is 3.20. The van der Waals surface area contributed by atoms with E-state index in [2.05, 4.69) is 15.4 Å². The van der Waals surface area contributed by atoms with Crippen LogP contribution in [0.25, 0.3) is 21.7 Å². The quantitative estimate of drug-likeness (QED) is 0.468. The van der Waals surface area contributed by atoms with Gasteiger partial charge in [0.05, 0.1) is 19.8 Å². The Balaban J connectivity index is 1.44. The monoisotopic (exact) mass is 416 g/mol. The Morgan fingerprint density at radius 3 is 2.52 bits per heavy atom. The van der Waals surface area contributed by atoms with E-state index in [4.69, 9.17) is 4.42 Å². The number of carbonyl (C=O) groups is 3. The van der Waals surface area contributed by atoms with Crippen molar-refractivity contribution in [1.29, 1.82) is 0 Å². The number of carbonyl (C=O) groups excluding carboxylic acids is 3. The van der Waals surface area contributed by atoms with Crippen molar-refractivity contribution in [1.82, 2.24) is 5.32 Å². The second-order valence-corrected chi connectivity index (χ2v) is 6.98. The Hall–Kier alpha value is -4.13. The van der Waals surface area contributed by atoms with Gasteiger partial charge in [-0.1, -0.05) is 30.3 Å². The van der Waals surface area contributed by atoms with Crippen molar-refractivity contribution in [3.8, 4) is 0 Å². The molecular weight excluding hydrogens is 396 g/mol. The van der Waals surface area contributed by atoms with Crippen LogP contribution in [0.1, 0.15) is 15.9 Å². The molecule has 3 aromatic carbocycles. The summed E-state index contributed by atoms with van der Waals surface area (Å²) >= 11 is 0. The van der Waals surface area contributed by atoms with Crippen LogP contribution in [0.5, 0.6) is 0 Å². The summed E-state index contributed by atoms with van der Waals surface area (Å²) in [5.74, 6) is -1.13. The number of esters is 1. The van der Waals surface area contributed by atoms with Crippen LogP contribution < -0.4 is 10.6 Å². The van der Waals surface area contributed by atoms with E-state index in [0.29, 0.717) is 11.3 Å². The number of methoxy groups -OCH3 is 1. The van der Waals surface area contributed by atoms with Crippen molar-refractivity contribution in [2.24, 2.45) is 0 Å². The van der Waals surface area contributed by atoms with Gasteiger partial charge in [0.2, 0.25) is 5.91 Å². The van der Waals surface area contributed by atoms with E-state index in [1.54, 1.807) is 30.5 Å². The molecule has 0 aliphatic heterocycles. The molecule has 0 aliphatic carbocycles. The molecule has 0 atom stereocenters. The Morgan fingerprint density at radius 1 is 0.968 bits per heavy atom. The third-order valence-corrected chi connectivity index (χ3v) is 4.94. The summed E-state index contributed by atoms with van der Waals surface area (Å²) in [7, 11) is 1.25. The van der Waals surface area contributed by atoms with Gasteiger partial charge in [-0.05, 0) is 41.1 Å². The molecule has 1 heterocycles. The lowest BCUT2D eigenvalue weighted by Gasteiger charge is -2.07. The molecule has 2 N–H and O–H groups in total. The highest BCUT2D eigenvalue weighted by Crippen LogP contribution is 2.30. The van der Waals surface area contributed by atoms with Crippen molar-refractivity contribution in [3.05, 3.63) is 78.1 Å². The number of anilines is 1. The Kier molecular flexibility index (Phi) is 5.66. The highest BCUT2D eigenvalue weighted by molar-refractivity contribution is 6.09. The number of benzene rings is 3. The summed E-state index contributed by atoms with van der Waals surface area (Å²) in [5.41, 5.74) is 2.48. The zero-order valence-corrected chi connectivity index (χ0v) is 16.8. The molecule has 0 aliphatic rings. The maximum absolute atomic E-state index is 12.6. The predicted octanol–water partition coefficient (Wildman–Crippen LogP) is 3.67. The average molecular weight is 416 g/mol. The summed E-state index contributed by atoms with van der Waals surface area (Å²) < 4.78 is 10.1. The van der Waals surface area contributed by atoms with Gasteiger partial charge in [0, 0.05) is 22.2 Å². The molecular formula is C24H20N2O5. The van der Waals surface area contributed by atoms with Crippen LogP contribution in [0.3, 0.4) is 0 Å². The number of furan rings is 1. The molecule has 0 bridgehead atoms. The summed E-state index contributed by atoms with van der Waals surface area (Å²) in [6, 6.07) is 18.3. The van der Waals surface area contributed by atoms with Crippen LogP contribution in [0, 0.1) is 0 Å². The minimum atomic E-state index is -0.531. The van der Waals surface area contributed by atoms with E-state index in [0.717, 1.165) is 27.3 Å². The van der Waals surface area contributed by atoms with E-state index >= 15 is 0 Å². The molecule has 0 spiro atoms. The minimum Gasteiger partial charge on any atom is -0.468 e. The van der Waals surface area contributed by atoms with Crippen LogP contribution >= 0.6 is 0 Å². The van der Waals surface area contributed by atoms with E-state index < -0.39 is 11.9 Å². The smallest absolute Gasteiger partial charge is 0.325 e. The fourth-order valence-electron chi connectivity index (χ4n) is 3.41. The first-order chi connectivity index (χ1) is 15.0. The number of amides is 2. The largest absolute Gasteiger partial charge is 0.468 e. The normalized spacial score (nSPS) is 10.7. The Bertz CT molecular complexity index is 1270.